The summed E-state index contributed by atoms with van der Waals surface area (Å²) < 4.78 is 1.98. The molecule has 1 fully saturated rings. The van der Waals surface area contributed by atoms with Crippen LogP contribution in [-0.4, -0.2) is 21.1 Å². The van der Waals surface area contributed by atoms with E-state index in [0.717, 1.165) is 30.4 Å². The van der Waals surface area contributed by atoms with Crippen LogP contribution < -0.4 is 0 Å². The molecule has 2 heterocycles. The van der Waals surface area contributed by atoms with Gasteiger partial charge in [0.15, 0.2) is 6.29 Å². The Morgan fingerprint density at radius 1 is 1.26 bits per heavy atom. The number of rotatable bonds is 3. The molecule has 2 aromatic rings. The lowest BCUT2D eigenvalue weighted by Crippen LogP contribution is -2.13. The molecule has 0 atom stereocenters. The maximum Gasteiger partial charge on any atom is 0.153 e. The van der Waals surface area contributed by atoms with Crippen LogP contribution in [0, 0.1) is 0 Å². The zero-order valence-electron chi connectivity index (χ0n) is 10.8. The summed E-state index contributed by atoms with van der Waals surface area (Å²) in [7, 11) is 0. The van der Waals surface area contributed by atoms with Crippen LogP contribution in [-0.2, 0) is 0 Å². The molecule has 0 saturated heterocycles. The Morgan fingerprint density at radius 2 is 2.11 bits per heavy atom. The molecule has 4 nitrogen and oxygen atoms in total. The molecule has 19 heavy (non-hydrogen) atoms. The van der Waals surface area contributed by atoms with Gasteiger partial charge in [0.2, 0.25) is 0 Å². The molecule has 1 aliphatic rings. The van der Waals surface area contributed by atoms with E-state index in [9.17, 15) is 4.79 Å². The van der Waals surface area contributed by atoms with Crippen LogP contribution in [0.1, 0.15) is 48.5 Å². The van der Waals surface area contributed by atoms with Crippen molar-refractivity contribution in [3.8, 4) is 11.3 Å². The summed E-state index contributed by atoms with van der Waals surface area (Å²) in [5, 5.41) is 4.62. The Labute approximate surface area is 112 Å². The van der Waals surface area contributed by atoms with Crippen LogP contribution in [0.25, 0.3) is 11.3 Å². The van der Waals surface area contributed by atoms with E-state index in [1.165, 1.54) is 19.3 Å². The summed E-state index contributed by atoms with van der Waals surface area (Å²) in [6.07, 6.45) is 12.4. The quantitative estimate of drug-likeness (QED) is 0.791. The predicted molar refractivity (Wildman–Crippen MR) is 73.0 cm³/mol. The summed E-state index contributed by atoms with van der Waals surface area (Å²) in [5.41, 5.74) is 2.30. The van der Waals surface area contributed by atoms with Crippen molar-refractivity contribution < 1.29 is 4.79 Å². The number of aromatic nitrogens is 3. The van der Waals surface area contributed by atoms with Gasteiger partial charge in [0.05, 0.1) is 11.6 Å². The fourth-order valence-electron chi connectivity index (χ4n) is 2.75. The Hall–Kier alpha value is -1.97. The highest BCUT2D eigenvalue weighted by molar-refractivity contribution is 5.85. The molecular formula is C15H17N3O. The average Bonchev–Trinajstić information content (AvgIpc) is 2.93. The fraction of sp³-hybridized carbons (Fsp3) is 0.400. The first kappa shape index (κ1) is 12.1. The number of carbonyl (C=O) groups excluding carboxylic acids is 1. The molecule has 0 bridgehead atoms. The minimum absolute atomic E-state index is 0.442. The van der Waals surface area contributed by atoms with E-state index in [0.29, 0.717) is 11.6 Å². The van der Waals surface area contributed by atoms with Gasteiger partial charge in [0, 0.05) is 24.2 Å². The Balaban J connectivity index is 1.96. The van der Waals surface area contributed by atoms with Gasteiger partial charge in [-0.1, -0.05) is 19.3 Å². The molecule has 0 amide bonds. The predicted octanol–water partition coefficient (Wildman–Crippen LogP) is 3.26. The van der Waals surface area contributed by atoms with Crippen LogP contribution >= 0.6 is 0 Å². The lowest BCUT2D eigenvalue weighted by atomic mass is 9.96. The van der Waals surface area contributed by atoms with Gasteiger partial charge in [-0.2, -0.15) is 5.10 Å². The smallest absolute Gasteiger partial charge is 0.153 e. The van der Waals surface area contributed by atoms with E-state index in [2.05, 4.69) is 10.1 Å². The topological polar surface area (TPSA) is 47.8 Å². The third-order valence-corrected chi connectivity index (χ3v) is 3.77. The molecule has 0 radical (unpaired) electrons. The average molecular weight is 255 g/mol. The van der Waals surface area contributed by atoms with Crippen molar-refractivity contribution in [1.29, 1.82) is 0 Å². The summed E-state index contributed by atoms with van der Waals surface area (Å²) in [6.45, 7) is 0. The summed E-state index contributed by atoms with van der Waals surface area (Å²) >= 11 is 0. The molecular weight excluding hydrogens is 238 g/mol. The van der Waals surface area contributed by atoms with E-state index < -0.39 is 0 Å². The number of pyridine rings is 1. The third-order valence-electron chi connectivity index (χ3n) is 3.77. The number of aldehydes is 1. The second-order valence-electron chi connectivity index (χ2n) is 5.06. The first-order valence-electron chi connectivity index (χ1n) is 6.83. The highest BCUT2D eigenvalue weighted by Crippen LogP contribution is 2.29. The van der Waals surface area contributed by atoms with Gasteiger partial charge >= 0.3 is 0 Å². The van der Waals surface area contributed by atoms with Crippen LogP contribution in [0.3, 0.4) is 0 Å². The zero-order chi connectivity index (χ0) is 13.1. The van der Waals surface area contributed by atoms with Crippen molar-refractivity contribution in [1.82, 2.24) is 14.8 Å². The zero-order valence-corrected chi connectivity index (χ0v) is 10.8. The van der Waals surface area contributed by atoms with Crippen LogP contribution in [0.4, 0.5) is 0 Å². The van der Waals surface area contributed by atoms with Crippen LogP contribution in [0.15, 0.2) is 30.7 Å². The number of carbonyl (C=O) groups is 1. The maximum atomic E-state index is 11.2. The number of hydrogen-bond donors (Lipinski definition) is 0. The SMILES string of the molecule is O=Cc1cn(C2CCCCC2)nc1-c1cccnc1. The molecule has 0 N–H and O–H groups in total. The maximum absolute atomic E-state index is 11.2. The van der Waals surface area contributed by atoms with Gasteiger partial charge in [-0.15, -0.1) is 0 Å². The number of hydrogen-bond acceptors (Lipinski definition) is 3. The minimum Gasteiger partial charge on any atom is -0.298 e. The molecule has 98 valence electrons. The van der Waals surface area contributed by atoms with E-state index in [1.807, 2.05) is 23.0 Å². The summed E-state index contributed by atoms with van der Waals surface area (Å²) in [4.78, 5) is 15.3. The molecule has 3 rings (SSSR count). The van der Waals surface area contributed by atoms with Gasteiger partial charge < -0.3 is 0 Å². The summed E-state index contributed by atoms with van der Waals surface area (Å²) in [6, 6.07) is 4.25. The monoisotopic (exact) mass is 255 g/mol. The first-order chi connectivity index (χ1) is 9.38. The second-order valence-corrected chi connectivity index (χ2v) is 5.06. The van der Waals surface area contributed by atoms with Gasteiger partial charge in [0.25, 0.3) is 0 Å². The highest BCUT2D eigenvalue weighted by Gasteiger charge is 2.19. The van der Waals surface area contributed by atoms with Gasteiger partial charge in [-0.3, -0.25) is 14.5 Å². The Bertz CT molecular complexity index is 556. The summed E-state index contributed by atoms with van der Waals surface area (Å²) in [5.74, 6) is 0. The van der Waals surface area contributed by atoms with Crippen LogP contribution in [0.5, 0.6) is 0 Å². The van der Waals surface area contributed by atoms with Crippen molar-refractivity contribution >= 4 is 6.29 Å². The lowest BCUT2D eigenvalue weighted by molar-refractivity contribution is 0.112. The lowest BCUT2D eigenvalue weighted by Gasteiger charge is -2.21. The molecule has 2 aromatic heterocycles. The minimum atomic E-state index is 0.442. The molecule has 0 aromatic carbocycles. The van der Waals surface area contributed by atoms with E-state index in [4.69, 9.17) is 0 Å². The van der Waals surface area contributed by atoms with Crippen molar-refractivity contribution in [2.45, 2.75) is 38.1 Å². The molecule has 4 heteroatoms. The first-order valence-corrected chi connectivity index (χ1v) is 6.83. The molecule has 0 unspecified atom stereocenters. The van der Waals surface area contributed by atoms with Gasteiger partial charge in [-0.05, 0) is 25.0 Å². The van der Waals surface area contributed by atoms with Crippen LogP contribution in [0.2, 0.25) is 0 Å². The third kappa shape index (κ3) is 2.43. The molecule has 1 saturated carbocycles. The number of nitrogens with zero attached hydrogens (tertiary/aromatic N) is 3. The fourth-order valence-corrected chi connectivity index (χ4v) is 2.75. The Kier molecular flexibility index (Phi) is 3.40. The van der Waals surface area contributed by atoms with Gasteiger partial charge in [-0.25, -0.2) is 0 Å². The standard InChI is InChI=1S/C15H17N3O/c19-11-13-10-18(14-6-2-1-3-7-14)17-15(13)12-5-4-8-16-9-12/h4-5,8-11,14H,1-3,6-7H2. The van der Waals surface area contributed by atoms with Crippen molar-refractivity contribution in [3.05, 3.63) is 36.3 Å². The van der Waals surface area contributed by atoms with Crippen molar-refractivity contribution in [2.75, 3.05) is 0 Å². The van der Waals surface area contributed by atoms with Gasteiger partial charge in [0.1, 0.15) is 5.69 Å². The largest absolute Gasteiger partial charge is 0.298 e. The molecule has 0 aliphatic heterocycles. The Morgan fingerprint density at radius 3 is 2.79 bits per heavy atom. The van der Waals surface area contributed by atoms with E-state index >= 15 is 0 Å². The molecule has 1 aliphatic carbocycles. The second kappa shape index (κ2) is 5.34. The van der Waals surface area contributed by atoms with Crippen molar-refractivity contribution in [3.63, 3.8) is 0 Å². The van der Waals surface area contributed by atoms with E-state index in [-0.39, 0.29) is 0 Å². The normalized spacial score (nSPS) is 16.4. The van der Waals surface area contributed by atoms with E-state index in [1.54, 1.807) is 12.4 Å². The highest BCUT2D eigenvalue weighted by atomic mass is 16.1. The molecule has 0 spiro atoms. The van der Waals surface area contributed by atoms with Crippen molar-refractivity contribution in [2.24, 2.45) is 0 Å².